The lowest BCUT2D eigenvalue weighted by molar-refractivity contribution is -0.0944. The Labute approximate surface area is 228 Å². The summed E-state index contributed by atoms with van der Waals surface area (Å²) in [5.41, 5.74) is 2.30. The Kier molecular flexibility index (Phi) is 9.19. The van der Waals surface area contributed by atoms with Crippen molar-refractivity contribution < 1.29 is 44.9 Å². The molecule has 0 spiro atoms. The minimum atomic E-state index is -4.19. The van der Waals surface area contributed by atoms with Crippen molar-refractivity contribution in [1.82, 2.24) is 0 Å². The van der Waals surface area contributed by atoms with Gasteiger partial charge in [-0.2, -0.15) is 16.8 Å². The second-order valence-electron chi connectivity index (χ2n) is 9.18. The molecular weight excluding hydrogens is 548 g/mol. The van der Waals surface area contributed by atoms with Crippen LogP contribution < -0.4 is 0 Å². The van der Waals surface area contributed by atoms with Gasteiger partial charge in [0.2, 0.25) is 0 Å². The number of hydrogen-bond acceptors (Lipinski definition) is 10. The van der Waals surface area contributed by atoms with Crippen molar-refractivity contribution in [3.05, 3.63) is 95.6 Å². The SMILES string of the molecule is Cc1ccc(S(=O)(=O)OC[C@@H](O)[C@H]2OC(c3ccccc3)O[C@@H]2[C@H](O)COS(=O)(=O)c2ccc(C)cc2)cc1. The Morgan fingerprint density at radius 3 is 1.44 bits per heavy atom. The summed E-state index contributed by atoms with van der Waals surface area (Å²) < 4.78 is 72.2. The van der Waals surface area contributed by atoms with E-state index in [4.69, 9.17) is 17.8 Å². The summed E-state index contributed by atoms with van der Waals surface area (Å²) in [6.45, 7) is 2.22. The highest BCUT2D eigenvalue weighted by Gasteiger charge is 2.45. The van der Waals surface area contributed by atoms with Gasteiger partial charge in [-0.1, -0.05) is 65.7 Å². The molecule has 3 aromatic carbocycles. The third-order valence-corrected chi connectivity index (χ3v) is 8.71. The van der Waals surface area contributed by atoms with Gasteiger partial charge in [0.1, 0.15) is 24.4 Å². The molecule has 0 radical (unpaired) electrons. The van der Waals surface area contributed by atoms with E-state index in [0.29, 0.717) is 5.56 Å². The number of aliphatic hydroxyl groups excluding tert-OH is 2. The van der Waals surface area contributed by atoms with Crippen LogP contribution in [0.25, 0.3) is 0 Å². The summed E-state index contributed by atoms with van der Waals surface area (Å²) in [7, 11) is -8.38. The Hall–Kier alpha value is -2.68. The van der Waals surface area contributed by atoms with E-state index in [0.717, 1.165) is 11.1 Å². The molecule has 0 aliphatic carbocycles. The molecule has 0 bridgehead atoms. The van der Waals surface area contributed by atoms with Crippen molar-refractivity contribution in [2.45, 2.75) is 54.3 Å². The molecule has 2 N–H and O–H groups in total. The molecule has 4 atom stereocenters. The summed E-state index contributed by atoms with van der Waals surface area (Å²) in [6, 6.07) is 20.7. The highest BCUT2D eigenvalue weighted by Crippen LogP contribution is 2.35. The molecule has 1 fully saturated rings. The average Bonchev–Trinajstić information content (AvgIpc) is 3.37. The number of ether oxygens (including phenoxy) is 2. The highest BCUT2D eigenvalue weighted by atomic mass is 32.2. The van der Waals surface area contributed by atoms with Crippen LogP contribution in [0.3, 0.4) is 0 Å². The van der Waals surface area contributed by atoms with Crippen molar-refractivity contribution >= 4 is 20.2 Å². The fourth-order valence-corrected chi connectivity index (χ4v) is 5.76. The minimum absolute atomic E-state index is 0.0858. The van der Waals surface area contributed by atoms with Gasteiger partial charge in [-0.25, -0.2) is 0 Å². The molecule has 3 aromatic rings. The first kappa shape index (κ1) is 29.3. The molecule has 210 valence electrons. The summed E-state index contributed by atoms with van der Waals surface area (Å²) in [6.07, 6.45) is -6.69. The van der Waals surface area contributed by atoms with E-state index in [2.05, 4.69) is 0 Å². The Balaban J connectivity index is 1.47. The number of aliphatic hydroxyl groups is 2. The standard InChI is InChI=1S/C27H30O10S2/c1-18-8-12-21(13-9-18)38(30,31)34-16-23(28)25-26(37-27(36-25)20-6-4-3-5-7-20)24(29)17-35-39(32,33)22-14-10-19(2)11-15-22/h3-15,23-29H,16-17H2,1-2H3/t23-,24-,25-,26-/m1/s1. The van der Waals surface area contributed by atoms with Crippen molar-refractivity contribution in [3.63, 3.8) is 0 Å². The van der Waals surface area contributed by atoms with E-state index < -0.39 is 64.2 Å². The van der Waals surface area contributed by atoms with Crippen LogP contribution in [0.2, 0.25) is 0 Å². The van der Waals surface area contributed by atoms with Crippen molar-refractivity contribution in [2.24, 2.45) is 0 Å². The maximum atomic E-state index is 12.6. The summed E-state index contributed by atoms with van der Waals surface area (Å²) >= 11 is 0. The quantitative estimate of drug-likeness (QED) is 0.326. The van der Waals surface area contributed by atoms with Crippen LogP contribution in [0.1, 0.15) is 23.0 Å². The average molecular weight is 579 g/mol. The number of rotatable bonds is 11. The Morgan fingerprint density at radius 2 is 1.05 bits per heavy atom. The smallest absolute Gasteiger partial charge is 0.297 e. The van der Waals surface area contributed by atoms with E-state index in [1.165, 1.54) is 24.3 Å². The lowest BCUT2D eigenvalue weighted by atomic mass is 10.0. The van der Waals surface area contributed by atoms with Crippen LogP contribution >= 0.6 is 0 Å². The van der Waals surface area contributed by atoms with Gasteiger partial charge in [-0.05, 0) is 38.1 Å². The van der Waals surface area contributed by atoms with Crippen LogP contribution in [-0.4, -0.2) is 64.7 Å². The zero-order valence-corrected chi connectivity index (χ0v) is 22.9. The predicted molar refractivity (Wildman–Crippen MR) is 140 cm³/mol. The first-order valence-corrected chi connectivity index (χ1v) is 14.9. The van der Waals surface area contributed by atoms with E-state index >= 15 is 0 Å². The third-order valence-electron chi connectivity index (χ3n) is 6.12. The van der Waals surface area contributed by atoms with Gasteiger partial charge < -0.3 is 19.7 Å². The monoisotopic (exact) mass is 578 g/mol. The molecule has 1 heterocycles. The first-order chi connectivity index (χ1) is 18.5. The summed E-state index contributed by atoms with van der Waals surface area (Å²) in [4.78, 5) is -0.172. The van der Waals surface area contributed by atoms with Gasteiger partial charge in [0.25, 0.3) is 20.2 Å². The normalized spacial score (nSPS) is 21.5. The molecule has 4 rings (SSSR count). The summed E-state index contributed by atoms with van der Waals surface area (Å²) in [5, 5.41) is 21.7. The van der Waals surface area contributed by atoms with Gasteiger partial charge in [-0.3, -0.25) is 8.37 Å². The molecule has 10 nitrogen and oxygen atoms in total. The Morgan fingerprint density at radius 1 is 0.667 bits per heavy atom. The summed E-state index contributed by atoms with van der Waals surface area (Å²) in [5.74, 6) is 0. The minimum Gasteiger partial charge on any atom is -0.388 e. The van der Waals surface area contributed by atoms with Crippen LogP contribution in [0.5, 0.6) is 0 Å². The topological polar surface area (TPSA) is 146 Å². The number of benzene rings is 3. The molecule has 0 amide bonds. The molecule has 1 aliphatic heterocycles. The molecule has 39 heavy (non-hydrogen) atoms. The van der Waals surface area contributed by atoms with Gasteiger partial charge in [0.15, 0.2) is 6.29 Å². The highest BCUT2D eigenvalue weighted by molar-refractivity contribution is 7.87. The van der Waals surface area contributed by atoms with E-state index in [-0.39, 0.29) is 9.79 Å². The second-order valence-corrected chi connectivity index (χ2v) is 12.4. The van der Waals surface area contributed by atoms with Crippen LogP contribution in [0.4, 0.5) is 0 Å². The van der Waals surface area contributed by atoms with Crippen molar-refractivity contribution in [2.75, 3.05) is 13.2 Å². The van der Waals surface area contributed by atoms with Gasteiger partial charge in [0.05, 0.1) is 23.0 Å². The fraction of sp³-hybridized carbons (Fsp3) is 0.333. The molecule has 12 heteroatoms. The van der Waals surface area contributed by atoms with Gasteiger partial charge in [-0.15, -0.1) is 0 Å². The zero-order chi connectivity index (χ0) is 28.2. The second kappa shape index (κ2) is 12.2. The predicted octanol–water partition coefficient (Wildman–Crippen LogP) is 2.62. The zero-order valence-electron chi connectivity index (χ0n) is 21.3. The number of hydrogen-bond donors (Lipinski definition) is 2. The van der Waals surface area contributed by atoms with Crippen molar-refractivity contribution in [1.29, 1.82) is 0 Å². The molecule has 0 saturated carbocycles. The maximum absolute atomic E-state index is 12.6. The van der Waals surface area contributed by atoms with Crippen LogP contribution in [-0.2, 0) is 38.1 Å². The van der Waals surface area contributed by atoms with Gasteiger partial charge >= 0.3 is 0 Å². The number of aryl methyl sites for hydroxylation is 2. The first-order valence-electron chi connectivity index (χ1n) is 12.1. The molecule has 0 aromatic heterocycles. The maximum Gasteiger partial charge on any atom is 0.297 e. The van der Waals surface area contributed by atoms with E-state index in [1.807, 2.05) is 13.8 Å². The molecule has 1 saturated heterocycles. The van der Waals surface area contributed by atoms with Crippen LogP contribution in [0.15, 0.2) is 88.7 Å². The fourth-order valence-electron chi connectivity index (χ4n) is 3.91. The van der Waals surface area contributed by atoms with E-state index in [1.54, 1.807) is 54.6 Å². The van der Waals surface area contributed by atoms with Gasteiger partial charge in [0, 0.05) is 5.56 Å². The molecule has 0 unspecified atom stereocenters. The lowest BCUT2D eigenvalue weighted by Gasteiger charge is -2.25. The van der Waals surface area contributed by atoms with Crippen molar-refractivity contribution in [3.8, 4) is 0 Å². The molecule has 1 aliphatic rings. The largest absolute Gasteiger partial charge is 0.388 e. The lowest BCUT2D eigenvalue weighted by Crippen LogP contribution is -2.46. The molecular formula is C27H30O10S2. The third kappa shape index (κ3) is 7.29. The van der Waals surface area contributed by atoms with Crippen LogP contribution in [0, 0.1) is 13.8 Å². The Bertz CT molecular complexity index is 1350. The van der Waals surface area contributed by atoms with E-state index in [9.17, 15) is 27.0 Å².